The Morgan fingerprint density at radius 1 is 1.35 bits per heavy atom. The highest BCUT2D eigenvalue weighted by Gasteiger charge is 2.24. The van der Waals surface area contributed by atoms with Gasteiger partial charge >= 0.3 is 0 Å². The average molecular weight is 243 g/mol. The van der Waals surface area contributed by atoms with E-state index in [1.165, 1.54) is 0 Å². The third-order valence-corrected chi connectivity index (χ3v) is 2.83. The number of hydrogen-bond acceptors (Lipinski definition) is 3. The van der Waals surface area contributed by atoms with E-state index >= 15 is 0 Å². The molecule has 2 atom stereocenters. The zero-order chi connectivity index (χ0) is 12.8. The lowest BCUT2D eigenvalue weighted by molar-refractivity contribution is 0.0735. The lowest BCUT2D eigenvalue weighted by Crippen LogP contribution is -2.40. The molecule has 1 aromatic rings. The van der Waals surface area contributed by atoms with Crippen LogP contribution in [0.1, 0.15) is 24.9 Å². The predicted molar refractivity (Wildman–Crippen MR) is 63.9 cm³/mol. The van der Waals surface area contributed by atoms with Gasteiger partial charge in [-0.3, -0.25) is 9.88 Å². The second-order valence-electron chi connectivity index (χ2n) is 4.13. The summed E-state index contributed by atoms with van der Waals surface area (Å²) in [6.07, 6.45) is 1.69. The molecule has 3 nitrogen and oxygen atoms in total. The largest absolute Gasteiger partial charge is 0.326 e. The Morgan fingerprint density at radius 3 is 2.41 bits per heavy atom. The van der Waals surface area contributed by atoms with Crippen molar-refractivity contribution in [2.24, 2.45) is 5.73 Å². The summed E-state index contributed by atoms with van der Waals surface area (Å²) < 4.78 is 24.9. The maximum absolute atomic E-state index is 12.4. The lowest BCUT2D eigenvalue weighted by Gasteiger charge is -2.32. The van der Waals surface area contributed by atoms with Gasteiger partial charge in [0.1, 0.15) is 0 Å². The second kappa shape index (κ2) is 6.61. The molecule has 17 heavy (non-hydrogen) atoms. The number of alkyl halides is 2. The van der Waals surface area contributed by atoms with Crippen LogP contribution < -0.4 is 5.73 Å². The van der Waals surface area contributed by atoms with E-state index in [0.29, 0.717) is 0 Å². The Hall–Kier alpha value is -1.07. The van der Waals surface area contributed by atoms with Crippen LogP contribution in [0.4, 0.5) is 8.78 Å². The molecule has 0 aliphatic heterocycles. The number of hydrogen-bond donors (Lipinski definition) is 1. The first-order valence-electron chi connectivity index (χ1n) is 5.70. The molecule has 0 bridgehead atoms. The van der Waals surface area contributed by atoms with Crippen molar-refractivity contribution in [2.75, 3.05) is 13.6 Å². The molecule has 0 saturated carbocycles. The zero-order valence-electron chi connectivity index (χ0n) is 10.2. The molecule has 0 radical (unpaired) electrons. The molecule has 0 aliphatic carbocycles. The van der Waals surface area contributed by atoms with Gasteiger partial charge in [-0.2, -0.15) is 0 Å². The molecule has 96 valence electrons. The number of pyridine rings is 1. The van der Waals surface area contributed by atoms with E-state index in [9.17, 15) is 8.78 Å². The molecular formula is C12H19F2N3. The van der Waals surface area contributed by atoms with Crippen molar-refractivity contribution in [1.82, 2.24) is 9.88 Å². The summed E-state index contributed by atoms with van der Waals surface area (Å²) >= 11 is 0. The van der Waals surface area contributed by atoms with Gasteiger partial charge in [-0.25, -0.2) is 8.78 Å². The van der Waals surface area contributed by atoms with Crippen molar-refractivity contribution in [3.05, 3.63) is 30.1 Å². The highest BCUT2D eigenvalue weighted by Crippen LogP contribution is 2.23. The molecule has 0 aliphatic rings. The first-order valence-corrected chi connectivity index (χ1v) is 5.70. The minimum absolute atomic E-state index is 0.166. The SMILES string of the molecule is CCC(N)C(c1ccncc1)N(C)CC(F)F. The molecule has 2 N–H and O–H groups in total. The van der Waals surface area contributed by atoms with Crippen LogP contribution >= 0.6 is 0 Å². The van der Waals surface area contributed by atoms with Gasteiger partial charge in [0.2, 0.25) is 0 Å². The van der Waals surface area contributed by atoms with E-state index in [1.807, 2.05) is 19.1 Å². The first kappa shape index (κ1) is 14.0. The Morgan fingerprint density at radius 2 is 1.94 bits per heavy atom. The van der Waals surface area contributed by atoms with Crippen LogP contribution in [0, 0.1) is 0 Å². The Balaban J connectivity index is 2.88. The third kappa shape index (κ3) is 4.02. The highest BCUT2D eigenvalue weighted by atomic mass is 19.3. The Bertz CT molecular complexity index is 319. The summed E-state index contributed by atoms with van der Waals surface area (Å²) in [5.41, 5.74) is 6.95. The van der Waals surface area contributed by atoms with Crippen LogP contribution in [0.25, 0.3) is 0 Å². The van der Waals surface area contributed by atoms with E-state index in [1.54, 1.807) is 24.3 Å². The summed E-state index contributed by atoms with van der Waals surface area (Å²) in [6, 6.07) is 3.28. The highest BCUT2D eigenvalue weighted by molar-refractivity contribution is 5.17. The molecule has 1 rings (SSSR count). The summed E-state index contributed by atoms with van der Waals surface area (Å²) in [5.74, 6) is 0. The second-order valence-corrected chi connectivity index (χ2v) is 4.13. The molecule has 1 aromatic heterocycles. The summed E-state index contributed by atoms with van der Waals surface area (Å²) in [5, 5.41) is 0. The molecule has 0 spiro atoms. The van der Waals surface area contributed by atoms with Gasteiger partial charge in [0.05, 0.1) is 6.54 Å². The van der Waals surface area contributed by atoms with Gasteiger partial charge in [-0.05, 0) is 31.2 Å². The van der Waals surface area contributed by atoms with Crippen molar-refractivity contribution in [3.63, 3.8) is 0 Å². The van der Waals surface area contributed by atoms with Gasteiger partial charge in [0.25, 0.3) is 6.43 Å². The van der Waals surface area contributed by atoms with E-state index < -0.39 is 6.43 Å². The molecule has 1 heterocycles. The van der Waals surface area contributed by atoms with E-state index in [4.69, 9.17) is 5.73 Å². The van der Waals surface area contributed by atoms with Gasteiger partial charge in [0.15, 0.2) is 0 Å². The zero-order valence-corrected chi connectivity index (χ0v) is 10.2. The van der Waals surface area contributed by atoms with E-state index in [-0.39, 0.29) is 18.6 Å². The monoisotopic (exact) mass is 243 g/mol. The molecule has 0 saturated heterocycles. The predicted octanol–water partition coefficient (Wildman–Crippen LogP) is 2.06. The molecular weight excluding hydrogens is 224 g/mol. The van der Waals surface area contributed by atoms with Crippen molar-refractivity contribution in [2.45, 2.75) is 31.9 Å². The number of rotatable bonds is 6. The fourth-order valence-corrected chi connectivity index (χ4v) is 1.94. The summed E-state index contributed by atoms with van der Waals surface area (Å²) in [4.78, 5) is 5.53. The van der Waals surface area contributed by atoms with Crippen LogP contribution in [-0.2, 0) is 0 Å². The van der Waals surface area contributed by atoms with Crippen molar-refractivity contribution in [1.29, 1.82) is 0 Å². The van der Waals surface area contributed by atoms with Crippen LogP contribution in [0.2, 0.25) is 0 Å². The van der Waals surface area contributed by atoms with Gasteiger partial charge in [-0.1, -0.05) is 6.92 Å². The van der Waals surface area contributed by atoms with Gasteiger partial charge in [0, 0.05) is 24.5 Å². The number of aromatic nitrogens is 1. The van der Waals surface area contributed by atoms with Gasteiger partial charge < -0.3 is 5.73 Å². The Labute approximate surface area is 101 Å². The topological polar surface area (TPSA) is 42.1 Å². The van der Waals surface area contributed by atoms with Crippen LogP contribution in [-0.4, -0.2) is 35.9 Å². The molecule has 5 heteroatoms. The van der Waals surface area contributed by atoms with Crippen molar-refractivity contribution < 1.29 is 8.78 Å². The standard InChI is InChI=1S/C12H19F2N3/c1-3-10(15)12(17(2)8-11(13)14)9-4-6-16-7-5-9/h4-7,10-12H,3,8,15H2,1-2H3. The summed E-state index contributed by atoms with van der Waals surface area (Å²) in [7, 11) is 1.67. The fourth-order valence-electron chi connectivity index (χ4n) is 1.94. The van der Waals surface area contributed by atoms with Crippen LogP contribution in [0.5, 0.6) is 0 Å². The van der Waals surface area contributed by atoms with E-state index in [2.05, 4.69) is 4.98 Å². The smallest absolute Gasteiger partial charge is 0.251 e. The number of nitrogens with two attached hydrogens (primary N) is 1. The van der Waals surface area contributed by atoms with Crippen LogP contribution in [0.3, 0.4) is 0 Å². The maximum atomic E-state index is 12.4. The lowest BCUT2D eigenvalue weighted by atomic mass is 9.97. The molecule has 0 aromatic carbocycles. The quantitative estimate of drug-likeness (QED) is 0.831. The van der Waals surface area contributed by atoms with E-state index in [0.717, 1.165) is 12.0 Å². The normalized spacial score (nSPS) is 15.2. The van der Waals surface area contributed by atoms with Crippen LogP contribution in [0.15, 0.2) is 24.5 Å². The van der Waals surface area contributed by atoms with Crippen molar-refractivity contribution in [3.8, 4) is 0 Å². The fraction of sp³-hybridized carbons (Fsp3) is 0.583. The minimum atomic E-state index is -2.35. The maximum Gasteiger partial charge on any atom is 0.251 e. The summed E-state index contributed by atoms with van der Waals surface area (Å²) in [6.45, 7) is 1.68. The average Bonchev–Trinajstić information content (AvgIpc) is 2.29. The minimum Gasteiger partial charge on any atom is -0.326 e. The Kier molecular flexibility index (Phi) is 5.44. The van der Waals surface area contributed by atoms with Crippen molar-refractivity contribution >= 4 is 0 Å². The molecule has 2 unspecified atom stereocenters. The number of likely N-dealkylation sites (N-methyl/N-ethyl adjacent to an activating group) is 1. The number of nitrogens with zero attached hydrogens (tertiary/aromatic N) is 2. The molecule has 0 fully saturated rings. The number of halogens is 2. The first-order chi connectivity index (χ1) is 8.06. The van der Waals surface area contributed by atoms with Gasteiger partial charge in [-0.15, -0.1) is 0 Å². The third-order valence-electron chi connectivity index (χ3n) is 2.83. The molecule has 0 amide bonds.